The summed E-state index contributed by atoms with van der Waals surface area (Å²) in [6.07, 6.45) is 3.03. The summed E-state index contributed by atoms with van der Waals surface area (Å²) in [7, 11) is 0. The van der Waals surface area contributed by atoms with Crippen molar-refractivity contribution in [2.24, 2.45) is 0 Å². The highest BCUT2D eigenvalue weighted by atomic mass is 16.5. The van der Waals surface area contributed by atoms with Crippen LogP contribution in [0.4, 0.5) is 5.69 Å². The Hall–Kier alpha value is -2.10. The van der Waals surface area contributed by atoms with Gasteiger partial charge in [-0.2, -0.15) is 0 Å². The molecule has 4 heteroatoms. The van der Waals surface area contributed by atoms with Gasteiger partial charge in [-0.1, -0.05) is 19.9 Å². The fourth-order valence-corrected chi connectivity index (χ4v) is 1.28. The number of ether oxygens (including phenoxy) is 1. The molecule has 0 aromatic heterocycles. The van der Waals surface area contributed by atoms with E-state index in [0.717, 1.165) is 12.8 Å². The minimum absolute atomic E-state index is 0.284. The standard InChI is InChI=1S/C14H17NO3/c1-3-5-10-18-14(17)11-6-8-12(9-7-11)15-13(16)4-2/h4,6-9H,2-3,5,10H2,1H3,(H,15,16). The molecule has 0 unspecified atom stereocenters. The first kappa shape index (κ1) is 14.0. The second-order valence-corrected chi connectivity index (χ2v) is 3.76. The first-order valence-corrected chi connectivity index (χ1v) is 5.88. The van der Waals surface area contributed by atoms with Crippen LogP contribution in [-0.2, 0) is 9.53 Å². The van der Waals surface area contributed by atoms with E-state index in [-0.39, 0.29) is 11.9 Å². The van der Waals surface area contributed by atoms with Crippen LogP contribution in [0.3, 0.4) is 0 Å². The first-order chi connectivity index (χ1) is 8.67. The molecular formula is C14H17NO3. The number of rotatable bonds is 6. The van der Waals surface area contributed by atoms with E-state index in [2.05, 4.69) is 11.9 Å². The highest BCUT2D eigenvalue weighted by Crippen LogP contribution is 2.10. The third kappa shape index (κ3) is 4.41. The van der Waals surface area contributed by atoms with Crippen molar-refractivity contribution in [3.05, 3.63) is 42.5 Å². The lowest BCUT2D eigenvalue weighted by atomic mass is 10.2. The molecule has 0 spiro atoms. The van der Waals surface area contributed by atoms with Crippen LogP contribution in [0.2, 0.25) is 0 Å². The molecule has 1 amide bonds. The Morgan fingerprint density at radius 3 is 2.56 bits per heavy atom. The number of anilines is 1. The molecule has 0 saturated carbocycles. The lowest BCUT2D eigenvalue weighted by molar-refractivity contribution is -0.111. The van der Waals surface area contributed by atoms with E-state index in [4.69, 9.17) is 4.74 Å². The van der Waals surface area contributed by atoms with Crippen molar-refractivity contribution < 1.29 is 14.3 Å². The van der Waals surface area contributed by atoms with Gasteiger partial charge in [-0.05, 0) is 36.8 Å². The third-order valence-electron chi connectivity index (χ3n) is 2.30. The molecule has 96 valence electrons. The van der Waals surface area contributed by atoms with Crippen LogP contribution in [0.5, 0.6) is 0 Å². The van der Waals surface area contributed by atoms with Gasteiger partial charge in [0.25, 0.3) is 0 Å². The number of hydrogen-bond donors (Lipinski definition) is 1. The van der Waals surface area contributed by atoms with Crippen molar-refractivity contribution in [3.63, 3.8) is 0 Å². The Balaban J connectivity index is 2.56. The number of unbranched alkanes of at least 4 members (excludes halogenated alkanes) is 1. The summed E-state index contributed by atoms with van der Waals surface area (Å²) < 4.78 is 5.07. The molecule has 1 rings (SSSR count). The van der Waals surface area contributed by atoms with E-state index in [9.17, 15) is 9.59 Å². The van der Waals surface area contributed by atoms with Gasteiger partial charge in [0.1, 0.15) is 0 Å². The Kier molecular flexibility index (Phi) is 5.64. The first-order valence-electron chi connectivity index (χ1n) is 5.88. The van der Waals surface area contributed by atoms with Gasteiger partial charge in [0.2, 0.25) is 5.91 Å². The summed E-state index contributed by atoms with van der Waals surface area (Å²) in [6, 6.07) is 6.54. The van der Waals surface area contributed by atoms with Gasteiger partial charge in [-0.25, -0.2) is 4.79 Å². The topological polar surface area (TPSA) is 55.4 Å². The number of nitrogens with one attached hydrogen (secondary N) is 1. The normalized spacial score (nSPS) is 9.61. The molecule has 0 saturated heterocycles. The number of amides is 1. The lowest BCUT2D eigenvalue weighted by Crippen LogP contribution is -2.09. The van der Waals surface area contributed by atoms with Gasteiger partial charge in [0.15, 0.2) is 0 Å². The number of benzene rings is 1. The zero-order chi connectivity index (χ0) is 13.4. The summed E-state index contributed by atoms with van der Waals surface area (Å²) in [4.78, 5) is 22.6. The summed E-state index contributed by atoms with van der Waals surface area (Å²) in [5.41, 5.74) is 1.09. The van der Waals surface area contributed by atoms with Crippen LogP contribution in [0.1, 0.15) is 30.1 Å². The average Bonchev–Trinajstić information content (AvgIpc) is 2.39. The quantitative estimate of drug-likeness (QED) is 0.477. The van der Waals surface area contributed by atoms with Gasteiger partial charge in [-0.15, -0.1) is 0 Å². The van der Waals surface area contributed by atoms with Crippen molar-refractivity contribution in [1.29, 1.82) is 0 Å². The summed E-state index contributed by atoms with van der Waals surface area (Å²) in [5.74, 6) is -0.627. The van der Waals surface area contributed by atoms with Crippen molar-refractivity contribution >= 4 is 17.6 Å². The van der Waals surface area contributed by atoms with Gasteiger partial charge in [0, 0.05) is 5.69 Å². The molecule has 1 aromatic carbocycles. The second-order valence-electron chi connectivity index (χ2n) is 3.76. The maximum absolute atomic E-state index is 11.6. The molecule has 0 radical (unpaired) electrons. The van der Waals surface area contributed by atoms with Gasteiger partial charge < -0.3 is 10.1 Å². The second kappa shape index (κ2) is 7.27. The van der Waals surface area contributed by atoms with Crippen LogP contribution in [-0.4, -0.2) is 18.5 Å². The fraction of sp³-hybridized carbons (Fsp3) is 0.286. The van der Waals surface area contributed by atoms with Crippen LogP contribution < -0.4 is 5.32 Å². The predicted molar refractivity (Wildman–Crippen MR) is 70.5 cm³/mol. The van der Waals surface area contributed by atoms with E-state index < -0.39 is 0 Å². The highest BCUT2D eigenvalue weighted by Gasteiger charge is 2.06. The number of carbonyl (C=O) groups is 2. The van der Waals surface area contributed by atoms with Gasteiger partial charge in [0.05, 0.1) is 12.2 Å². The minimum Gasteiger partial charge on any atom is -0.462 e. The molecule has 0 bridgehead atoms. The third-order valence-corrected chi connectivity index (χ3v) is 2.30. The predicted octanol–water partition coefficient (Wildman–Crippen LogP) is 2.77. The zero-order valence-corrected chi connectivity index (χ0v) is 10.4. The number of carbonyl (C=O) groups excluding carboxylic acids is 2. The summed E-state index contributed by atoms with van der Waals surface area (Å²) in [6.45, 7) is 5.83. The highest BCUT2D eigenvalue weighted by molar-refractivity contribution is 5.99. The molecular weight excluding hydrogens is 230 g/mol. The smallest absolute Gasteiger partial charge is 0.338 e. The van der Waals surface area contributed by atoms with Crippen molar-refractivity contribution in [1.82, 2.24) is 0 Å². The minimum atomic E-state index is -0.343. The molecule has 0 heterocycles. The summed E-state index contributed by atoms with van der Waals surface area (Å²) >= 11 is 0. The molecule has 0 aliphatic rings. The molecule has 0 aliphatic heterocycles. The van der Waals surface area contributed by atoms with Crippen molar-refractivity contribution in [2.75, 3.05) is 11.9 Å². The average molecular weight is 247 g/mol. The van der Waals surface area contributed by atoms with Gasteiger partial charge >= 0.3 is 5.97 Å². The Morgan fingerprint density at radius 1 is 1.33 bits per heavy atom. The van der Waals surface area contributed by atoms with Gasteiger partial charge in [-0.3, -0.25) is 4.79 Å². The number of hydrogen-bond acceptors (Lipinski definition) is 3. The van der Waals surface area contributed by atoms with Crippen molar-refractivity contribution in [2.45, 2.75) is 19.8 Å². The monoisotopic (exact) mass is 247 g/mol. The van der Waals surface area contributed by atoms with Crippen LogP contribution in [0, 0.1) is 0 Å². The van der Waals surface area contributed by atoms with Crippen LogP contribution in [0.15, 0.2) is 36.9 Å². The van der Waals surface area contributed by atoms with E-state index >= 15 is 0 Å². The van der Waals surface area contributed by atoms with E-state index in [0.29, 0.717) is 17.9 Å². The van der Waals surface area contributed by atoms with E-state index in [1.54, 1.807) is 24.3 Å². The Labute approximate surface area is 107 Å². The molecule has 1 N–H and O–H groups in total. The Morgan fingerprint density at radius 2 is 2.00 bits per heavy atom. The number of esters is 1. The lowest BCUT2D eigenvalue weighted by Gasteiger charge is -2.05. The zero-order valence-electron chi connectivity index (χ0n) is 10.4. The van der Waals surface area contributed by atoms with Crippen LogP contribution >= 0.6 is 0 Å². The van der Waals surface area contributed by atoms with E-state index in [1.165, 1.54) is 6.08 Å². The molecule has 4 nitrogen and oxygen atoms in total. The molecule has 1 aromatic rings. The van der Waals surface area contributed by atoms with E-state index in [1.807, 2.05) is 6.92 Å². The molecule has 0 aliphatic carbocycles. The molecule has 18 heavy (non-hydrogen) atoms. The van der Waals surface area contributed by atoms with Crippen LogP contribution in [0.25, 0.3) is 0 Å². The summed E-state index contributed by atoms with van der Waals surface area (Å²) in [5, 5.41) is 2.60. The Bertz CT molecular complexity index is 423. The maximum Gasteiger partial charge on any atom is 0.338 e. The van der Waals surface area contributed by atoms with Crippen molar-refractivity contribution in [3.8, 4) is 0 Å². The maximum atomic E-state index is 11.6. The molecule has 0 fully saturated rings. The fourth-order valence-electron chi connectivity index (χ4n) is 1.28. The SMILES string of the molecule is C=CC(=O)Nc1ccc(C(=O)OCCCC)cc1. The largest absolute Gasteiger partial charge is 0.462 e. The molecule has 0 atom stereocenters.